The molecule has 2 N–H and O–H groups in total. The molecular weight excluding hydrogens is 461 g/mol. The number of aryl methyl sites for hydroxylation is 1. The van der Waals surface area contributed by atoms with E-state index in [9.17, 15) is 18.8 Å². The highest BCUT2D eigenvalue weighted by atomic mass is 19.1. The zero-order valence-corrected chi connectivity index (χ0v) is 19.5. The van der Waals surface area contributed by atoms with E-state index in [1.807, 2.05) is 0 Å². The van der Waals surface area contributed by atoms with E-state index < -0.39 is 17.6 Å². The lowest BCUT2D eigenvalue weighted by Crippen LogP contribution is -2.26. The maximum atomic E-state index is 14.0. The van der Waals surface area contributed by atoms with Crippen LogP contribution < -0.4 is 16.2 Å². The molecule has 4 aromatic rings. The highest BCUT2D eigenvalue weighted by molar-refractivity contribution is 6.10. The quantitative estimate of drug-likeness (QED) is 0.441. The molecule has 8 nitrogen and oxygen atoms in total. The van der Waals surface area contributed by atoms with Gasteiger partial charge in [0.05, 0.1) is 22.3 Å². The van der Waals surface area contributed by atoms with Crippen LogP contribution in [0.25, 0.3) is 10.9 Å². The van der Waals surface area contributed by atoms with E-state index in [-0.39, 0.29) is 28.2 Å². The van der Waals surface area contributed by atoms with Crippen molar-refractivity contribution < 1.29 is 14.0 Å². The molecule has 3 heterocycles. The molecule has 9 heteroatoms. The van der Waals surface area contributed by atoms with Crippen molar-refractivity contribution in [2.45, 2.75) is 38.6 Å². The number of carbonyl (C=O) groups is 2. The Kier molecular flexibility index (Phi) is 6.53. The second kappa shape index (κ2) is 10.1. The minimum absolute atomic E-state index is 0.0931. The first kappa shape index (κ1) is 23.3. The summed E-state index contributed by atoms with van der Waals surface area (Å²) < 4.78 is 15.8. The summed E-state index contributed by atoms with van der Waals surface area (Å²) in [4.78, 5) is 47.4. The minimum atomic E-state index is -0.576. The Hall–Kier alpha value is -4.40. The number of anilines is 2. The Bertz CT molecular complexity index is 1520. The number of hydrogen-bond acceptors (Lipinski definition) is 5. The summed E-state index contributed by atoms with van der Waals surface area (Å²) in [7, 11) is 0. The van der Waals surface area contributed by atoms with Gasteiger partial charge in [0.25, 0.3) is 17.4 Å². The number of rotatable bonds is 4. The summed E-state index contributed by atoms with van der Waals surface area (Å²) in [5.74, 6) is -0.864. The van der Waals surface area contributed by atoms with Crippen LogP contribution in [0.15, 0.2) is 65.6 Å². The van der Waals surface area contributed by atoms with Crippen molar-refractivity contribution >= 4 is 34.1 Å². The first-order valence-corrected chi connectivity index (χ1v) is 11.9. The first-order chi connectivity index (χ1) is 17.5. The van der Waals surface area contributed by atoms with Crippen LogP contribution >= 0.6 is 0 Å². The number of benzene rings is 2. The fraction of sp³-hybridized carbons (Fsp3) is 0.222. The van der Waals surface area contributed by atoms with Gasteiger partial charge in [-0.1, -0.05) is 18.9 Å². The van der Waals surface area contributed by atoms with Crippen LogP contribution in [-0.4, -0.2) is 26.3 Å². The van der Waals surface area contributed by atoms with E-state index in [1.165, 1.54) is 18.3 Å². The third-order valence-corrected chi connectivity index (χ3v) is 6.20. The lowest BCUT2D eigenvalue weighted by atomic mass is 10.1. The molecule has 0 spiro atoms. The second-order valence-electron chi connectivity index (χ2n) is 8.69. The van der Waals surface area contributed by atoms with Crippen LogP contribution in [0.4, 0.5) is 15.8 Å². The van der Waals surface area contributed by atoms with Crippen LogP contribution in [0.1, 0.15) is 52.4 Å². The fourth-order valence-corrected chi connectivity index (χ4v) is 4.34. The van der Waals surface area contributed by atoms with Crippen molar-refractivity contribution in [3.05, 3.63) is 94.0 Å². The molecule has 1 aliphatic rings. The van der Waals surface area contributed by atoms with Gasteiger partial charge < -0.3 is 10.6 Å². The maximum absolute atomic E-state index is 14.0. The molecule has 5 rings (SSSR count). The van der Waals surface area contributed by atoms with Gasteiger partial charge in [-0.05, 0) is 61.4 Å². The van der Waals surface area contributed by atoms with Crippen molar-refractivity contribution in [3.8, 4) is 0 Å². The van der Waals surface area contributed by atoms with Crippen molar-refractivity contribution in [2.75, 3.05) is 10.6 Å². The molecule has 0 fully saturated rings. The van der Waals surface area contributed by atoms with Crippen molar-refractivity contribution in [1.82, 2.24) is 14.5 Å². The fourth-order valence-electron chi connectivity index (χ4n) is 4.34. The standard InChI is InChI=1S/C27H24FN5O3/c28-18-10-12-20(31-26(35)21-7-4-5-13-29-21)23(16-18)32-25(34)17-9-11-19-22(15-17)30-24-8-3-1-2-6-14-33(24)27(19)36/h4-5,7,9-13,15-16H,1-3,6,8,14H2,(H,31,35)(H,32,34). The van der Waals surface area contributed by atoms with Gasteiger partial charge in [0, 0.05) is 24.7 Å². The van der Waals surface area contributed by atoms with Crippen LogP contribution in [0.2, 0.25) is 0 Å². The molecule has 0 saturated carbocycles. The summed E-state index contributed by atoms with van der Waals surface area (Å²) in [6.45, 7) is 0.645. The average Bonchev–Trinajstić information content (AvgIpc) is 2.87. The summed E-state index contributed by atoms with van der Waals surface area (Å²) in [5.41, 5.74) is 1.10. The summed E-state index contributed by atoms with van der Waals surface area (Å²) in [6, 6.07) is 13.3. The first-order valence-electron chi connectivity index (χ1n) is 11.9. The topological polar surface area (TPSA) is 106 Å². The molecule has 182 valence electrons. The second-order valence-corrected chi connectivity index (χ2v) is 8.69. The Morgan fingerprint density at radius 3 is 2.56 bits per heavy atom. The number of nitrogens with zero attached hydrogens (tertiary/aromatic N) is 3. The molecule has 2 amide bonds. The summed E-state index contributed by atoms with van der Waals surface area (Å²) in [6.07, 6.45) is 6.29. The normalized spacial score (nSPS) is 13.4. The zero-order chi connectivity index (χ0) is 25.1. The Morgan fingerprint density at radius 1 is 0.889 bits per heavy atom. The van der Waals surface area contributed by atoms with E-state index in [0.717, 1.165) is 37.6 Å². The summed E-state index contributed by atoms with van der Waals surface area (Å²) in [5, 5.41) is 5.76. The predicted molar refractivity (Wildman–Crippen MR) is 135 cm³/mol. The van der Waals surface area contributed by atoms with Gasteiger partial charge in [-0.15, -0.1) is 0 Å². The van der Waals surface area contributed by atoms with Crippen molar-refractivity contribution in [2.24, 2.45) is 0 Å². The van der Waals surface area contributed by atoms with Gasteiger partial charge in [-0.25, -0.2) is 9.37 Å². The van der Waals surface area contributed by atoms with E-state index >= 15 is 0 Å². The monoisotopic (exact) mass is 485 g/mol. The maximum Gasteiger partial charge on any atom is 0.274 e. The summed E-state index contributed by atoms with van der Waals surface area (Å²) >= 11 is 0. The highest BCUT2D eigenvalue weighted by Crippen LogP contribution is 2.25. The van der Waals surface area contributed by atoms with Crippen molar-refractivity contribution in [1.29, 1.82) is 0 Å². The molecular formula is C27H24FN5O3. The van der Waals surface area contributed by atoms with Crippen molar-refractivity contribution in [3.63, 3.8) is 0 Å². The van der Waals surface area contributed by atoms with Crippen LogP contribution in [0, 0.1) is 5.82 Å². The van der Waals surface area contributed by atoms with Crippen LogP contribution in [0.5, 0.6) is 0 Å². The molecule has 0 atom stereocenters. The number of carbonyl (C=O) groups excluding carboxylic acids is 2. The van der Waals surface area contributed by atoms with Crippen LogP contribution in [0.3, 0.4) is 0 Å². The lowest BCUT2D eigenvalue weighted by Gasteiger charge is -2.16. The SMILES string of the molecule is O=C(Nc1cc(F)ccc1NC(=O)c1ccccn1)c1ccc2c(=O)n3c(nc2c1)CCCCCC3. The Balaban J connectivity index is 1.43. The lowest BCUT2D eigenvalue weighted by molar-refractivity contribution is 0.101. The highest BCUT2D eigenvalue weighted by Gasteiger charge is 2.17. The molecule has 1 aliphatic heterocycles. The minimum Gasteiger partial charge on any atom is -0.320 e. The number of amides is 2. The Morgan fingerprint density at radius 2 is 1.72 bits per heavy atom. The molecule has 0 unspecified atom stereocenters. The van der Waals surface area contributed by atoms with Gasteiger partial charge in [0.2, 0.25) is 0 Å². The molecule has 0 bridgehead atoms. The number of fused-ring (bicyclic) bond motifs is 2. The molecule has 36 heavy (non-hydrogen) atoms. The van der Waals surface area contributed by atoms with Gasteiger partial charge in [-0.3, -0.25) is 23.9 Å². The van der Waals surface area contributed by atoms with Gasteiger partial charge >= 0.3 is 0 Å². The number of halogens is 1. The average molecular weight is 486 g/mol. The third-order valence-electron chi connectivity index (χ3n) is 6.20. The van der Waals surface area contributed by atoms with Gasteiger partial charge in [0.1, 0.15) is 17.3 Å². The van der Waals surface area contributed by atoms with Gasteiger partial charge in [-0.2, -0.15) is 0 Å². The van der Waals surface area contributed by atoms with E-state index in [4.69, 9.17) is 4.98 Å². The molecule has 0 aliphatic carbocycles. The third kappa shape index (κ3) is 4.86. The molecule has 0 radical (unpaired) electrons. The molecule has 0 saturated heterocycles. The Labute approximate surface area is 206 Å². The smallest absolute Gasteiger partial charge is 0.274 e. The molecule has 2 aromatic heterocycles. The predicted octanol–water partition coefficient (Wildman–Crippen LogP) is 4.55. The largest absolute Gasteiger partial charge is 0.320 e. The van der Waals surface area contributed by atoms with Gasteiger partial charge in [0.15, 0.2) is 0 Å². The van der Waals surface area contributed by atoms with E-state index in [1.54, 1.807) is 41.0 Å². The number of nitrogens with one attached hydrogen (secondary N) is 2. The number of pyridine rings is 1. The number of hydrogen-bond donors (Lipinski definition) is 2. The van der Waals surface area contributed by atoms with Crippen LogP contribution in [-0.2, 0) is 13.0 Å². The number of aromatic nitrogens is 3. The van der Waals surface area contributed by atoms with E-state index in [0.29, 0.717) is 23.9 Å². The zero-order valence-electron chi connectivity index (χ0n) is 19.5. The molecule has 2 aromatic carbocycles. The van der Waals surface area contributed by atoms with E-state index in [2.05, 4.69) is 15.6 Å².